The number of hydrogen-bond acceptors (Lipinski definition) is 3. The van der Waals surface area contributed by atoms with Crippen LogP contribution in [0.25, 0.3) is 5.65 Å². The minimum absolute atomic E-state index is 0.276. The first-order valence-electron chi connectivity index (χ1n) is 5.72. The van der Waals surface area contributed by atoms with E-state index in [0.29, 0.717) is 5.69 Å². The zero-order valence-corrected chi connectivity index (χ0v) is 9.74. The maximum atomic E-state index is 9.24. The highest BCUT2D eigenvalue weighted by Gasteiger charge is 2.05. The molecule has 0 amide bonds. The van der Waals surface area contributed by atoms with E-state index in [-0.39, 0.29) is 5.75 Å². The Balaban J connectivity index is 1.95. The molecule has 0 bridgehead atoms. The summed E-state index contributed by atoms with van der Waals surface area (Å²) < 4.78 is 1.92. The van der Waals surface area contributed by atoms with Crippen LogP contribution in [0.2, 0.25) is 0 Å². The topological polar surface area (TPSA) is 63.5 Å². The number of phenolic OH excluding ortho intramolecular Hbond substituents is 1. The molecular formula is C14H13N3O. The summed E-state index contributed by atoms with van der Waals surface area (Å²) in [6, 6.07) is 10.9. The Morgan fingerprint density at radius 3 is 2.67 bits per heavy atom. The number of fused-ring (bicyclic) bond motifs is 1. The average molecular weight is 239 g/mol. The maximum absolute atomic E-state index is 9.24. The number of nitrogen functional groups attached to an aromatic ring is 1. The third-order valence-corrected chi connectivity index (χ3v) is 2.88. The molecule has 0 saturated heterocycles. The molecule has 1 aromatic carbocycles. The second kappa shape index (κ2) is 4.07. The lowest BCUT2D eigenvalue weighted by molar-refractivity contribution is 0.475. The van der Waals surface area contributed by atoms with Gasteiger partial charge in [-0.15, -0.1) is 0 Å². The molecule has 0 unspecified atom stereocenters. The van der Waals surface area contributed by atoms with Crippen molar-refractivity contribution in [2.45, 2.75) is 6.42 Å². The van der Waals surface area contributed by atoms with Gasteiger partial charge in [-0.05, 0) is 29.8 Å². The van der Waals surface area contributed by atoms with Crippen molar-refractivity contribution >= 4 is 11.3 Å². The van der Waals surface area contributed by atoms with E-state index in [1.807, 2.05) is 41.1 Å². The van der Waals surface area contributed by atoms with Gasteiger partial charge in [0.05, 0.1) is 11.4 Å². The van der Waals surface area contributed by atoms with Crippen molar-refractivity contribution in [1.82, 2.24) is 9.38 Å². The summed E-state index contributed by atoms with van der Waals surface area (Å²) >= 11 is 0. The molecule has 4 heteroatoms. The summed E-state index contributed by atoms with van der Waals surface area (Å²) in [6.45, 7) is 0. The van der Waals surface area contributed by atoms with E-state index in [1.54, 1.807) is 12.1 Å². The van der Waals surface area contributed by atoms with Crippen LogP contribution >= 0.6 is 0 Å². The second-order valence-electron chi connectivity index (χ2n) is 4.27. The Kier molecular flexibility index (Phi) is 2.41. The average Bonchev–Trinajstić information content (AvgIpc) is 2.76. The van der Waals surface area contributed by atoms with Crippen molar-refractivity contribution in [3.05, 3.63) is 60.0 Å². The molecule has 3 aromatic rings. The Bertz CT molecular complexity index is 686. The van der Waals surface area contributed by atoms with Gasteiger partial charge in [0.2, 0.25) is 0 Å². The minimum Gasteiger partial charge on any atom is -0.508 e. The number of anilines is 1. The second-order valence-corrected chi connectivity index (χ2v) is 4.27. The molecule has 0 atom stereocenters. The first-order valence-corrected chi connectivity index (χ1v) is 5.72. The van der Waals surface area contributed by atoms with E-state index < -0.39 is 0 Å². The zero-order chi connectivity index (χ0) is 12.5. The minimum atomic E-state index is 0.276. The van der Waals surface area contributed by atoms with Crippen LogP contribution < -0.4 is 5.73 Å². The predicted octanol–water partition coefficient (Wildman–Crippen LogP) is 2.21. The number of pyridine rings is 1. The number of rotatable bonds is 2. The first kappa shape index (κ1) is 10.7. The van der Waals surface area contributed by atoms with Crippen LogP contribution in [-0.2, 0) is 6.42 Å². The fourth-order valence-corrected chi connectivity index (χ4v) is 1.99. The number of aromatic nitrogens is 2. The molecule has 0 saturated carbocycles. The molecule has 0 aliphatic carbocycles. The van der Waals surface area contributed by atoms with Gasteiger partial charge in [0.25, 0.3) is 0 Å². The van der Waals surface area contributed by atoms with Gasteiger partial charge in [0, 0.05) is 18.8 Å². The van der Waals surface area contributed by atoms with Crippen LogP contribution in [0.15, 0.2) is 48.8 Å². The van der Waals surface area contributed by atoms with Crippen LogP contribution in [0.5, 0.6) is 5.75 Å². The molecule has 0 radical (unpaired) electrons. The lowest BCUT2D eigenvalue weighted by Gasteiger charge is -1.97. The molecule has 0 fully saturated rings. The number of nitrogens with two attached hydrogens (primary N) is 1. The summed E-state index contributed by atoms with van der Waals surface area (Å²) in [5.41, 5.74) is 9.39. The van der Waals surface area contributed by atoms with Crippen molar-refractivity contribution in [1.29, 1.82) is 0 Å². The first-order chi connectivity index (χ1) is 8.72. The van der Waals surface area contributed by atoms with Gasteiger partial charge in [-0.1, -0.05) is 12.1 Å². The zero-order valence-electron chi connectivity index (χ0n) is 9.74. The van der Waals surface area contributed by atoms with Gasteiger partial charge in [-0.2, -0.15) is 0 Å². The fraction of sp³-hybridized carbons (Fsp3) is 0.0714. The Morgan fingerprint density at radius 1 is 1.17 bits per heavy atom. The van der Waals surface area contributed by atoms with Crippen LogP contribution in [0, 0.1) is 0 Å². The molecule has 2 aromatic heterocycles. The molecule has 4 nitrogen and oxygen atoms in total. The lowest BCUT2D eigenvalue weighted by Crippen LogP contribution is -1.90. The van der Waals surface area contributed by atoms with E-state index in [4.69, 9.17) is 5.73 Å². The smallest absolute Gasteiger partial charge is 0.160 e. The molecule has 0 aliphatic heterocycles. The van der Waals surface area contributed by atoms with Crippen LogP contribution in [0.4, 0.5) is 5.69 Å². The normalized spacial score (nSPS) is 10.9. The van der Waals surface area contributed by atoms with E-state index in [9.17, 15) is 5.11 Å². The highest BCUT2D eigenvalue weighted by atomic mass is 16.3. The third-order valence-electron chi connectivity index (χ3n) is 2.88. The van der Waals surface area contributed by atoms with Crippen molar-refractivity contribution in [3.63, 3.8) is 0 Å². The van der Waals surface area contributed by atoms with Crippen LogP contribution in [0.1, 0.15) is 11.3 Å². The molecule has 3 rings (SSSR count). The van der Waals surface area contributed by atoms with Crippen LogP contribution in [-0.4, -0.2) is 14.5 Å². The monoisotopic (exact) mass is 239 g/mol. The molecule has 2 heterocycles. The van der Waals surface area contributed by atoms with Gasteiger partial charge in [0.15, 0.2) is 5.65 Å². The van der Waals surface area contributed by atoms with Crippen molar-refractivity contribution < 1.29 is 5.11 Å². The SMILES string of the molecule is Nc1cccn2cc(Cc3ccc(O)cc3)nc12. The van der Waals surface area contributed by atoms with Gasteiger partial charge >= 0.3 is 0 Å². The summed E-state index contributed by atoms with van der Waals surface area (Å²) in [6.07, 6.45) is 4.62. The number of hydrogen-bond donors (Lipinski definition) is 2. The van der Waals surface area contributed by atoms with E-state index >= 15 is 0 Å². The quantitative estimate of drug-likeness (QED) is 0.720. The van der Waals surface area contributed by atoms with Gasteiger partial charge in [0.1, 0.15) is 5.75 Å². The van der Waals surface area contributed by atoms with Crippen molar-refractivity contribution in [3.8, 4) is 5.75 Å². The standard InChI is InChI=1S/C14H13N3O/c15-13-2-1-7-17-9-11(16-14(13)17)8-10-3-5-12(18)6-4-10/h1-7,9,18H,8,15H2. The van der Waals surface area contributed by atoms with Gasteiger partial charge in [-0.3, -0.25) is 0 Å². The fourth-order valence-electron chi connectivity index (χ4n) is 1.99. The highest BCUT2D eigenvalue weighted by Crippen LogP contribution is 2.16. The molecule has 0 aliphatic rings. The Morgan fingerprint density at radius 2 is 1.94 bits per heavy atom. The Labute approximate surface area is 104 Å². The third kappa shape index (κ3) is 1.88. The molecule has 90 valence electrons. The number of aromatic hydroxyl groups is 1. The van der Waals surface area contributed by atoms with Crippen LogP contribution in [0.3, 0.4) is 0 Å². The van der Waals surface area contributed by atoms with Crippen molar-refractivity contribution in [2.75, 3.05) is 5.73 Å². The molecule has 0 spiro atoms. The number of benzene rings is 1. The number of phenols is 1. The predicted molar refractivity (Wildman–Crippen MR) is 70.5 cm³/mol. The van der Waals surface area contributed by atoms with E-state index in [0.717, 1.165) is 23.3 Å². The highest BCUT2D eigenvalue weighted by molar-refractivity contribution is 5.64. The van der Waals surface area contributed by atoms with E-state index in [1.165, 1.54) is 0 Å². The number of imidazole rings is 1. The van der Waals surface area contributed by atoms with Crippen molar-refractivity contribution in [2.24, 2.45) is 0 Å². The van der Waals surface area contributed by atoms with Gasteiger partial charge < -0.3 is 15.2 Å². The summed E-state index contributed by atoms with van der Waals surface area (Å²) in [7, 11) is 0. The largest absolute Gasteiger partial charge is 0.508 e. The summed E-state index contributed by atoms with van der Waals surface area (Å²) in [4.78, 5) is 4.51. The summed E-state index contributed by atoms with van der Waals surface area (Å²) in [5, 5.41) is 9.24. The lowest BCUT2D eigenvalue weighted by atomic mass is 10.1. The molecular weight excluding hydrogens is 226 g/mol. The molecule has 18 heavy (non-hydrogen) atoms. The number of nitrogens with zero attached hydrogens (tertiary/aromatic N) is 2. The van der Waals surface area contributed by atoms with Gasteiger partial charge in [-0.25, -0.2) is 4.98 Å². The summed E-state index contributed by atoms with van der Waals surface area (Å²) in [5.74, 6) is 0.276. The molecule has 3 N–H and O–H groups in total. The maximum Gasteiger partial charge on any atom is 0.160 e. The Hall–Kier alpha value is -2.49. The van der Waals surface area contributed by atoms with E-state index in [2.05, 4.69) is 4.98 Å².